The third-order valence-corrected chi connectivity index (χ3v) is 5.94. The van der Waals surface area contributed by atoms with Gasteiger partial charge in [-0.1, -0.05) is 36.4 Å². The van der Waals surface area contributed by atoms with Crippen molar-refractivity contribution in [3.8, 4) is 0 Å². The van der Waals surface area contributed by atoms with Crippen LogP contribution in [0.2, 0.25) is 0 Å². The van der Waals surface area contributed by atoms with Crippen molar-refractivity contribution in [3.05, 3.63) is 65.7 Å². The lowest BCUT2D eigenvalue weighted by atomic mass is 10.1. The van der Waals surface area contributed by atoms with Crippen LogP contribution in [0.5, 0.6) is 0 Å². The van der Waals surface area contributed by atoms with Crippen LogP contribution in [0.15, 0.2) is 59.5 Å². The molecule has 1 heterocycles. The Morgan fingerprint density at radius 1 is 1.07 bits per heavy atom. The highest BCUT2D eigenvalue weighted by atomic mass is 32.2. The maximum Gasteiger partial charge on any atom is 0.339 e. The van der Waals surface area contributed by atoms with Crippen molar-refractivity contribution in [3.63, 3.8) is 0 Å². The Balaban J connectivity index is 1.87. The summed E-state index contributed by atoms with van der Waals surface area (Å²) in [6, 6.07) is 14.2. The number of hydrogen-bond donors (Lipinski definition) is 1. The zero-order valence-electron chi connectivity index (χ0n) is 15.9. The van der Waals surface area contributed by atoms with Gasteiger partial charge in [0.25, 0.3) is 5.91 Å². The lowest BCUT2D eigenvalue weighted by Gasteiger charge is -2.30. The van der Waals surface area contributed by atoms with E-state index in [1.165, 1.54) is 31.3 Å². The Bertz CT molecular complexity index is 971. The van der Waals surface area contributed by atoms with Crippen molar-refractivity contribution in [2.45, 2.75) is 11.0 Å². The Hall–Kier alpha value is -2.75. The lowest BCUT2D eigenvalue weighted by molar-refractivity contribution is -0.145. The Labute approximate surface area is 169 Å². The zero-order valence-corrected chi connectivity index (χ0v) is 16.7. The molecule has 1 saturated heterocycles. The topological polar surface area (TPSA) is 102 Å². The second-order valence-corrected chi connectivity index (χ2v) is 8.26. The number of hydrogen-bond acceptors (Lipinski definition) is 6. The molecule has 0 aromatic heterocycles. The van der Waals surface area contributed by atoms with E-state index in [1.54, 1.807) is 35.2 Å². The highest BCUT2D eigenvalue weighted by molar-refractivity contribution is 7.89. The van der Waals surface area contributed by atoms with Gasteiger partial charge in [-0.05, 0) is 25.2 Å². The van der Waals surface area contributed by atoms with Gasteiger partial charge in [-0.3, -0.25) is 4.79 Å². The van der Waals surface area contributed by atoms with Crippen LogP contribution in [0.1, 0.15) is 22.0 Å². The van der Waals surface area contributed by atoms with Gasteiger partial charge in [-0.2, -0.15) is 0 Å². The molecule has 0 aliphatic carbocycles. The molecule has 1 aliphatic heterocycles. The fourth-order valence-electron chi connectivity index (χ4n) is 2.92. The molecule has 1 fully saturated rings. The van der Waals surface area contributed by atoms with E-state index in [-0.39, 0.29) is 16.4 Å². The Kier molecular flexibility index (Phi) is 6.63. The number of nitrogens with zero attached hydrogens (tertiary/aromatic N) is 1. The van der Waals surface area contributed by atoms with Crippen LogP contribution in [0, 0.1) is 0 Å². The van der Waals surface area contributed by atoms with Crippen LogP contribution < -0.4 is 4.72 Å². The fraction of sp³-hybridized carbons (Fsp3) is 0.300. The van der Waals surface area contributed by atoms with Crippen LogP contribution in [0.4, 0.5) is 0 Å². The third kappa shape index (κ3) is 5.00. The first-order chi connectivity index (χ1) is 13.9. The van der Waals surface area contributed by atoms with E-state index in [0.717, 1.165) is 0 Å². The highest BCUT2D eigenvalue weighted by Gasteiger charge is 2.31. The van der Waals surface area contributed by atoms with E-state index in [9.17, 15) is 18.0 Å². The molecule has 1 amide bonds. The molecule has 154 valence electrons. The molecule has 2 aromatic rings. The molecular weight excluding hydrogens is 396 g/mol. The third-order valence-electron chi connectivity index (χ3n) is 4.52. The molecule has 0 radical (unpaired) electrons. The first kappa shape index (κ1) is 21.0. The van der Waals surface area contributed by atoms with Gasteiger partial charge in [-0.25, -0.2) is 17.9 Å². The molecule has 0 spiro atoms. The maximum atomic E-state index is 13.0. The highest BCUT2D eigenvalue weighted by Crippen LogP contribution is 2.23. The molecule has 1 atom stereocenters. The predicted molar refractivity (Wildman–Crippen MR) is 105 cm³/mol. The second kappa shape index (κ2) is 9.17. The first-order valence-electron chi connectivity index (χ1n) is 9.08. The van der Waals surface area contributed by atoms with Crippen LogP contribution in [0.3, 0.4) is 0 Å². The molecule has 8 nitrogen and oxygen atoms in total. The lowest BCUT2D eigenvalue weighted by Crippen LogP contribution is -2.44. The minimum Gasteiger partial charge on any atom is -0.444 e. The molecule has 9 heteroatoms. The number of esters is 1. The summed E-state index contributed by atoms with van der Waals surface area (Å²) in [5, 5.41) is 0. The molecule has 3 rings (SSSR count). The molecule has 0 saturated carbocycles. The smallest absolute Gasteiger partial charge is 0.339 e. The van der Waals surface area contributed by atoms with E-state index in [0.29, 0.717) is 31.9 Å². The predicted octanol–water partition coefficient (Wildman–Crippen LogP) is 1.35. The largest absolute Gasteiger partial charge is 0.444 e. The molecule has 1 aliphatic rings. The molecule has 29 heavy (non-hydrogen) atoms. The number of rotatable bonds is 6. The van der Waals surface area contributed by atoms with Gasteiger partial charge in [0, 0.05) is 18.7 Å². The van der Waals surface area contributed by atoms with Crippen molar-refractivity contribution in [2.24, 2.45) is 0 Å². The normalized spacial score (nSPS) is 15.6. The van der Waals surface area contributed by atoms with Crippen LogP contribution in [-0.2, 0) is 24.3 Å². The van der Waals surface area contributed by atoms with Crippen molar-refractivity contribution < 1.29 is 27.5 Å². The minimum atomic E-state index is -3.72. The number of nitrogens with one attached hydrogen (secondary N) is 1. The van der Waals surface area contributed by atoms with Crippen LogP contribution in [0.25, 0.3) is 0 Å². The second-order valence-electron chi connectivity index (χ2n) is 6.37. The minimum absolute atomic E-state index is 0.0389. The van der Waals surface area contributed by atoms with Crippen molar-refractivity contribution in [1.29, 1.82) is 0 Å². The number of ether oxygens (including phenoxy) is 2. The first-order valence-corrected chi connectivity index (χ1v) is 10.6. The maximum absolute atomic E-state index is 13.0. The summed E-state index contributed by atoms with van der Waals surface area (Å²) >= 11 is 0. The summed E-state index contributed by atoms with van der Waals surface area (Å²) < 4.78 is 37.0. The van der Waals surface area contributed by atoms with Crippen LogP contribution in [-0.4, -0.2) is 58.5 Å². The number of benzene rings is 2. The molecule has 1 unspecified atom stereocenters. The van der Waals surface area contributed by atoms with E-state index in [2.05, 4.69) is 4.72 Å². The van der Waals surface area contributed by atoms with E-state index in [4.69, 9.17) is 9.47 Å². The molecule has 0 bridgehead atoms. The summed E-state index contributed by atoms with van der Waals surface area (Å²) in [6.45, 7) is 1.67. The summed E-state index contributed by atoms with van der Waals surface area (Å²) in [5.74, 6) is -1.12. The molecular formula is C20H22N2O6S. The van der Waals surface area contributed by atoms with Gasteiger partial charge < -0.3 is 14.4 Å². The number of sulfonamides is 1. The number of carbonyl (C=O) groups excluding carboxylic acids is 2. The average molecular weight is 418 g/mol. The Morgan fingerprint density at radius 2 is 1.76 bits per heavy atom. The van der Waals surface area contributed by atoms with Gasteiger partial charge >= 0.3 is 5.97 Å². The van der Waals surface area contributed by atoms with E-state index in [1.807, 2.05) is 0 Å². The van der Waals surface area contributed by atoms with Gasteiger partial charge in [0.1, 0.15) is 0 Å². The summed E-state index contributed by atoms with van der Waals surface area (Å²) in [4.78, 5) is 27.3. The Morgan fingerprint density at radius 3 is 2.41 bits per heavy atom. The van der Waals surface area contributed by atoms with Gasteiger partial charge in [0.15, 0.2) is 0 Å². The number of carbonyl (C=O) groups is 2. The quantitative estimate of drug-likeness (QED) is 0.711. The summed E-state index contributed by atoms with van der Waals surface area (Å²) in [7, 11) is -2.43. The monoisotopic (exact) mass is 418 g/mol. The van der Waals surface area contributed by atoms with Crippen molar-refractivity contribution >= 4 is 21.9 Å². The fourth-order valence-corrected chi connectivity index (χ4v) is 3.70. The SMILES string of the molecule is CNS(=O)(=O)c1cccc(C(=O)OC(C(=O)N2CCOCC2)c2ccccc2)c1. The summed E-state index contributed by atoms with van der Waals surface area (Å²) in [5.41, 5.74) is 0.577. The number of morpholine rings is 1. The van der Waals surface area contributed by atoms with Gasteiger partial charge in [-0.15, -0.1) is 0 Å². The van der Waals surface area contributed by atoms with Gasteiger partial charge in [0.05, 0.1) is 23.7 Å². The number of amides is 1. The van der Waals surface area contributed by atoms with Crippen molar-refractivity contribution in [2.75, 3.05) is 33.4 Å². The standard InChI is InChI=1S/C20H22N2O6S/c1-21-29(25,26)17-9-5-8-16(14-17)20(24)28-18(15-6-3-2-4-7-15)19(23)22-10-12-27-13-11-22/h2-9,14,18,21H,10-13H2,1H3. The van der Waals surface area contributed by atoms with Gasteiger partial charge in [0.2, 0.25) is 16.1 Å². The van der Waals surface area contributed by atoms with Crippen LogP contribution >= 0.6 is 0 Å². The van der Waals surface area contributed by atoms with Crippen molar-refractivity contribution in [1.82, 2.24) is 9.62 Å². The van der Waals surface area contributed by atoms with E-state index >= 15 is 0 Å². The average Bonchev–Trinajstić information content (AvgIpc) is 2.78. The van der Waals surface area contributed by atoms with E-state index < -0.39 is 22.1 Å². The zero-order chi connectivity index (χ0) is 20.9. The molecule has 2 aromatic carbocycles. The molecule has 1 N–H and O–H groups in total. The summed E-state index contributed by atoms with van der Waals surface area (Å²) in [6.07, 6.45) is -1.13.